The Labute approximate surface area is 211 Å². The average Bonchev–Trinajstić information content (AvgIpc) is 3.70. The first-order valence-corrected chi connectivity index (χ1v) is 13.4. The number of carbonyl (C=O) groups is 1. The number of hydrogen-bond acceptors (Lipinski definition) is 5. The summed E-state index contributed by atoms with van der Waals surface area (Å²) in [6, 6.07) is 16.4. The summed E-state index contributed by atoms with van der Waals surface area (Å²) in [4.78, 5) is 17.0. The second-order valence-electron chi connectivity index (χ2n) is 10.5. The van der Waals surface area contributed by atoms with E-state index in [0.29, 0.717) is 30.2 Å². The van der Waals surface area contributed by atoms with Crippen LogP contribution in [0.15, 0.2) is 59.1 Å². The van der Waals surface area contributed by atoms with Crippen LogP contribution < -0.4 is 5.32 Å². The predicted molar refractivity (Wildman–Crippen MR) is 139 cm³/mol. The third kappa shape index (κ3) is 5.06. The van der Waals surface area contributed by atoms with Gasteiger partial charge in [0.2, 0.25) is 11.8 Å². The summed E-state index contributed by atoms with van der Waals surface area (Å²) in [6.45, 7) is 0.829. The molecule has 2 heterocycles. The Morgan fingerprint density at radius 3 is 2.61 bits per heavy atom. The number of hydrogen-bond donors (Lipinski definition) is 1. The molecule has 0 radical (unpaired) electrons. The molecule has 7 nitrogen and oxygen atoms in total. The molecule has 6 rings (SSSR count). The van der Waals surface area contributed by atoms with E-state index in [0.717, 1.165) is 60.1 Å². The van der Waals surface area contributed by atoms with E-state index < -0.39 is 0 Å². The number of nitrogens with one attached hydrogen (secondary N) is 1. The molecule has 2 fully saturated rings. The number of benzene rings is 2. The van der Waals surface area contributed by atoms with Gasteiger partial charge in [-0.25, -0.2) is 9.67 Å². The molecule has 0 saturated heterocycles. The van der Waals surface area contributed by atoms with Crippen molar-refractivity contribution in [1.82, 2.24) is 25.3 Å². The van der Waals surface area contributed by atoms with E-state index in [4.69, 9.17) is 4.42 Å². The number of aryl methyl sites for hydroxylation is 1. The van der Waals surface area contributed by atoms with Crippen LogP contribution in [0, 0.1) is 11.8 Å². The fraction of sp³-hybridized carbons (Fsp3) is 0.448. The maximum atomic E-state index is 12.4. The van der Waals surface area contributed by atoms with Gasteiger partial charge < -0.3 is 9.73 Å². The first-order chi connectivity index (χ1) is 17.7. The summed E-state index contributed by atoms with van der Waals surface area (Å²) in [5.41, 5.74) is 4.69. The zero-order chi connectivity index (χ0) is 24.3. The molecule has 0 bridgehead atoms. The number of rotatable bonds is 8. The molecule has 2 aliphatic rings. The minimum Gasteiger partial charge on any atom is -0.436 e. The number of para-hydroxylation sites is 2. The van der Waals surface area contributed by atoms with Gasteiger partial charge in [0.1, 0.15) is 5.52 Å². The highest BCUT2D eigenvalue weighted by Gasteiger charge is 2.27. The van der Waals surface area contributed by atoms with Crippen molar-refractivity contribution in [2.45, 2.75) is 70.4 Å². The number of aromatic nitrogens is 4. The Morgan fingerprint density at radius 1 is 0.972 bits per heavy atom. The van der Waals surface area contributed by atoms with Crippen molar-refractivity contribution in [3.63, 3.8) is 0 Å². The highest BCUT2D eigenvalue weighted by molar-refractivity contribution is 5.77. The van der Waals surface area contributed by atoms with Crippen molar-refractivity contribution in [2.75, 3.05) is 0 Å². The molecule has 0 aliphatic heterocycles. The van der Waals surface area contributed by atoms with Crippen LogP contribution in [0.5, 0.6) is 0 Å². The van der Waals surface area contributed by atoms with Crippen LogP contribution in [0.3, 0.4) is 0 Å². The SMILES string of the molecule is O=C(CC1CCCC1)NC1CCC(CCn2nncc2-c2ccc(-c3nc4ccccc4o3)cc2)C1. The quantitative estimate of drug-likeness (QED) is 0.332. The van der Waals surface area contributed by atoms with E-state index in [9.17, 15) is 4.79 Å². The van der Waals surface area contributed by atoms with Crippen molar-refractivity contribution in [1.29, 1.82) is 0 Å². The van der Waals surface area contributed by atoms with Gasteiger partial charge in [-0.15, -0.1) is 5.10 Å². The normalized spacial score (nSPS) is 20.3. The van der Waals surface area contributed by atoms with Gasteiger partial charge in [-0.2, -0.15) is 0 Å². The average molecular weight is 484 g/mol. The molecule has 36 heavy (non-hydrogen) atoms. The maximum absolute atomic E-state index is 12.4. The molecular formula is C29H33N5O2. The number of nitrogens with zero attached hydrogens (tertiary/aromatic N) is 4. The summed E-state index contributed by atoms with van der Waals surface area (Å²) < 4.78 is 7.90. The van der Waals surface area contributed by atoms with E-state index in [2.05, 4.69) is 32.7 Å². The lowest BCUT2D eigenvalue weighted by Gasteiger charge is -2.15. The number of oxazole rings is 1. The van der Waals surface area contributed by atoms with Crippen molar-refractivity contribution in [3.05, 3.63) is 54.7 Å². The summed E-state index contributed by atoms with van der Waals surface area (Å²) >= 11 is 0. The molecule has 7 heteroatoms. The predicted octanol–water partition coefficient (Wildman–Crippen LogP) is 6.01. The minimum absolute atomic E-state index is 0.257. The monoisotopic (exact) mass is 483 g/mol. The molecule has 2 aliphatic carbocycles. The summed E-state index contributed by atoms with van der Waals surface area (Å²) in [5.74, 6) is 2.10. The third-order valence-corrected chi connectivity index (χ3v) is 7.94. The van der Waals surface area contributed by atoms with E-state index in [1.54, 1.807) is 0 Å². The van der Waals surface area contributed by atoms with Gasteiger partial charge in [0, 0.05) is 30.1 Å². The third-order valence-electron chi connectivity index (χ3n) is 7.94. The van der Waals surface area contributed by atoms with Crippen LogP contribution in [-0.4, -0.2) is 31.9 Å². The molecule has 2 atom stereocenters. The van der Waals surface area contributed by atoms with Crippen LogP contribution in [0.4, 0.5) is 0 Å². The first kappa shape index (κ1) is 23.0. The standard InChI is InChI=1S/C29H33N5O2/c35-28(18-20-5-1-2-6-20)31-24-14-9-21(17-24)15-16-34-26(19-30-33-34)22-10-12-23(13-11-22)29-32-25-7-3-4-8-27(25)36-29/h3-4,7-8,10-13,19-21,24H,1-2,5-6,9,14-18H2,(H,31,35). The topological polar surface area (TPSA) is 85.8 Å². The molecule has 2 aromatic carbocycles. The Kier molecular flexibility index (Phi) is 6.53. The summed E-state index contributed by atoms with van der Waals surface area (Å²) in [5, 5.41) is 11.8. The molecule has 2 unspecified atom stereocenters. The van der Waals surface area contributed by atoms with Crippen LogP contribution in [0.2, 0.25) is 0 Å². The van der Waals surface area contributed by atoms with Crippen molar-refractivity contribution < 1.29 is 9.21 Å². The first-order valence-electron chi connectivity index (χ1n) is 13.4. The summed E-state index contributed by atoms with van der Waals surface area (Å²) in [7, 11) is 0. The van der Waals surface area contributed by atoms with Crippen LogP contribution in [0.1, 0.15) is 57.8 Å². The Balaban J connectivity index is 1.04. The molecule has 1 N–H and O–H groups in total. The number of fused-ring (bicyclic) bond motifs is 1. The van der Waals surface area contributed by atoms with E-state index in [-0.39, 0.29) is 5.91 Å². The van der Waals surface area contributed by atoms with Gasteiger partial charge in [0.15, 0.2) is 5.58 Å². The second-order valence-corrected chi connectivity index (χ2v) is 10.5. The fourth-order valence-corrected chi connectivity index (χ4v) is 5.96. The Morgan fingerprint density at radius 2 is 1.78 bits per heavy atom. The van der Waals surface area contributed by atoms with Crippen LogP contribution >= 0.6 is 0 Å². The van der Waals surface area contributed by atoms with Gasteiger partial charge in [-0.1, -0.05) is 42.3 Å². The van der Waals surface area contributed by atoms with E-state index >= 15 is 0 Å². The lowest BCUT2D eigenvalue weighted by atomic mass is 10.0. The van der Waals surface area contributed by atoms with Crippen molar-refractivity contribution in [3.8, 4) is 22.7 Å². The van der Waals surface area contributed by atoms with Gasteiger partial charge in [0.25, 0.3) is 0 Å². The van der Waals surface area contributed by atoms with Gasteiger partial charge in [-0.3, -0.25) is 4.79 Å². The molecule has 2 aromatic heterocycles. The van der Waals surface area contributed by atoms with Crippen molar-refractivity contribution in [2.24, 2.45) is 11.8 Å². The highest BCUT2D eigenvalue weighted by atomic mass is 16.3. The largest absolute Gasteiger partial charge is 0.436 e. The fourth-order valence-electron chi connectivity index (χ4n) is 5.96. The molecule has 2 saturated carbocycles. The lowest BCUT2D eigenvalue weighted by molar-refractivity contribution is -0.122. The van der Waals surface area contributed by atoms with Crippen LogP contribution in [0.25, 0.3) is 33.8 Å². The second kappa shape index (κ2) is 10.2. The molecule has 1 amide bonds. The van der Waals surface area contributed by atoms with Gasteiger partial charge in [-0.05, 0) is 74.6 Å². The van der Waals surface area contributed by atoms with Gasteiger partial charge >= 0.3 is 0 Å². The zero-order valence-electron chi connectivity index (χ0n) is 20.6. The Bertz CT molecular complexity index is 1290. The molecule has 0 spiro atoms. The molecule has 186 valence electrons. The van der Waals surface area contributed by atoms with Gasteiger partial charge in [0.05, 0.1) is 11.9 Å². The lowest BCUT2D eigenvalue weighted by Crippen LogP contribution is -2.33. The molecule has 4 aromatic rings. The highest BCUT2D eigenvalue weighted by Crippen LogP contribution is 2.31. The smallest absolute Gasteiger partial charge is 0.227 e. The molecular weight excluding hydrogens is 450 g/mol. The summed E-state index contributed by atoms with van der Waals surface area (Å²) in [6.07, 6.45) is 11.9. The zero-order valence-corrected chi connectivity index (χ0v) is 20.6. The van der Waals surface area contributed by atoms with E-state index in [1.807, 2.05) is 47.3 Å². The Hall–Kier alpha value is -3.48. The van der Waals surface area contributed by atoms with E-state index in [1.165, 1.54) is 25.7 Å². The number of amides is 1. The van der Waals surface area contributed by atoms with Crippen LogP contribution in [-0.2, 0) is 11.3 Å². The maximum Gasteiger partial charge on any atom is 0.227 e. The minimum atomic E-state index is 0.257. The number of carbonyl (C=O) groups excluding carboxylic acids is 1. The van der Waals surface area contributed by atoms with Crippen molar-refractivity contribution >= 4 is 17.0 Å².